The number of rotatable bonds is 4. The predicted molar refractivity (Wildman–Crippen MR) is 103 cm³/mol. The number of hydrogen-bond donors (Lipinski definition) is 1. The molecule has 1 fully saturated rings. The van der Waals surface area contributed by atoms with Gasteiger partial charge < -0.3 is 14.8 Å². The van der Waals surface area contributed by atoms with Crippen molar-refractivity contribution in [3.8, 4) is 0 Å². The number of aryl methyl sites for hydroxylation is 1. The fraction of sp³-hybridized carbons (Fsp3) is 0.429. The second kappa shape index (κ2) is 6.58. The predicted octanol–water partition coefficient (Wildman–Crippen LogP) is 3.87. The van der Waals surface area contributed by atoms with Gasteiger partial charge in [0, 0.05) is 53.5 Å². The Morgan fingerprint density at radius 3 is 1.96 bits per heavy atom. The van der Waals surface area contributed by atoms with Crippen LogP contribution in [0, 0.1) is 0 Å². The minimum Gasteiger partial charge on any atom is -0.340 e. The summed E-state index contributed by atoms with van der Waals surface area (Å²) in [5.74, 6) is 0. The second-order valence-corrected chi connectivity index (χ2v) is 7.27. The van der Waals surface area contributed by atoms with Crippen LogP contribution in [0.5, 0.6) is 0 Å². The number of hydrogen-bond acceptors (Lipinski definition) is 2. The van der Waals surface area contributed by atoms with E-state index >= 15 is 0 Å². The molecule has 0 radical (unpaired) electrons. The van der Waals surface area contributed by atoms with Crippen LogP contribution < -0.4 is 5.32 Å². The molecule has 3 heteroatoms. The molecule has 126 valence electrons. The van der Waals surface area contributed by atoms with Crippen molar-refractivity contribution in [2.24, 2.45) is 0 Å². The van der Waals surface area contributed by atoms with E-state index < -0.39 is 0 Å². The van der Waals surface area contributed by atoms with Gasteiger partial charge in [-0.2, -0.15) is 0 Å². The molecule has 0 bridgehead atoms. The highest BCUT2D eigenvalue weighted by atomic mass is 15.2. The van der Waals surface area contributed by atoms with Crippen molar-refractivity contribution < 1.29 is 0 Å². The number of fused-ring (bicyclic) bond motifs is 3. The zero-order chi connectivity index (χ0) is 16.5. The third kappa shape index (κ3) is 2.94. The molecule has 0 saturated carbocycles. The average molecular weight is 321 g/mol. The second-order valence-electron chi connectivity index (χ2n) is 7.27. The van der Waals surface area contributed by atoms with Crippen LogP contribution in [0.1, 0.15) is 20.3 Å². The highest BCUT2D eigenvalue weighted by Crippen LogP contribution is 2.28. The summed E-state index contributed by atoms with van der Waals surface area (Å²) in [5, 5.41) is 6.36. The molecule has 3 aromatic rings. The lowest BCUT2D eigenvalue weighted by Crippen LogP contribution is -2.54. The van der Waals surface area contributed by atoms with Crippen LogP contribution in [0.2, 0.25) is 0 Å². The summed E-state index contributed by atoms with van der Waals surface area (Å²) in [4.78, 5) is 2.61. The molecule has 3 nitrogen and oxygen atoms in total. The lowest BCUT2D eigenvalue weighted by Gasteiger charge is -2.36. The van der Waals surface area contributed by atoms with Crippen LogP contribution in [-0.4, -0.2) is 41.2 Å². The van der Waals surface area contributed by atoms with Crippen molar-refractivity contribution in [2.75, 3.05) is 19.6 Å². The van der Waals surface area contributed by atoms with E-state index in [-0.39, 0.29) is 0 Å². The Morgan fingerprint density at radius 1 is 0.833 bits per heavy atom. The van der Waals surface area contributed by atoms with Crippen molar-refractivity contribution in [2.45, 2.75) is 38.9 Å². The van der Waals surface area contributed by atoms with Crippen molar-refractivity contribution in [1.82, 2.24) is 14.8 Å². The van der Waals surface area contributed by atoms with Gasteiger partial charge in [0.25, 0.3) is 0 Å². The Hall–Kier alpha value is -1.84. The highest BCUT2D eigenvalue weighted by molar-refractivity contribution is 6.07. The highest BCUT2D eigenvalue weighted by Gasteiger charge is 2.20. The van der Waals surface area contributed by atoms with Gasteiger partial charge in [-0.3, -0.25) is 0 Å². The number of aromatic nitrogens is 1. The van der Waals surface area contributed by atoms with E-state index in [1.54, 1.807) is 0 Å². The Labute approximate surface area is 144 Å². The first-order valence-corrected chi connectivity index (χ1v) is 9.17. The molecular formula is C21H27N3. The van der Waals surface area contributed by atoms with Crippen LogP contribution >= 0.6 is 0 Å². The monoisotopic (exact) mass is 321 g/mol. The van der Waals surface area contributed by atoms with E-state index in [2.05, 4.69) is 77.2 Å². The van der Waals surface area contributed by atoms with Crippen molar-refractivity contribution in [3.05, 3.63) is 48.5 Å². The summed E-state index contributed by atoms with van der Waals surface area (Å²) in [7, 11) is 0. The number of para-hydroxylation sites is 2. The third-order valence-electron chi connectivity index (χ3n) is 5.17. The molecule has 1 N–H and O–H groups in total. The van der Waals surface area contributed by atoms with Gasteiger partial charge in [-0.1, -0.05) is 36.4 Å². The molecule has 1 saturated heterocycles. The van der Waals surface area contributed by atoms with E-state index in [0.717, 1.165) is 19.6 Å². The van der Waals surface area contributed by atoms with Gasteiger partial charge in [0.05, 0.1) is 0 Å². The fourth-order valence-corrected chi connectivity index (χ4v) is 4.32. The fourth-order valence-electron chi connectivity index (χ4n) is 4.32. The smallest absolute Gasteiger partial charge is 0.0491 e. The Morgan fingerprint density at radius 2 is 1.38 bits per heavy atom. The third-order valence-corrected chi connectivity index (χ3v) is 5.17. The summed E-state index contributed by atoms with van der Waals surface area (Å²) < 4.78 is 2.50. The zero-order valence-corrected chi connectivity index (χ0v) is 14.7. The molecule has 1 aliphatic heterocycles. The minimum absolute atomic E-state index is 0.599. The quantitative estimate of drug-likeness (QED) is 0.787. The average Bonchev–Trinajstić information content (AvgIpc) is 2.89. The number of nitrogens with zero attached hydrogens (tertiary/aromatic N) is 2. The Kier molecular flexibility index (Phi) is 4.30. The lowest BCUT2D eigenvalue weighted by atomic mass is 10.1. The number of piperazine rings is 1. The number of nitrogens with one attached hydrogen (secondary N) is 1. The Balaban J connectivity index is 1.54. The van der Waals surface area contributed by atoms with Crippen molar-refractivity contribution >= 4 is 21.8 Å². The van der Waals surface area contributed by atoms with Gasteiger partial charge in [0.15, 0.2) is 0 Å². The molecule has 4 rings (SSSR count). The molecule has 2 atom stereocenters. The van der Waals surface area contributed by atoms with Crippen LogP contribution in [0.3, 0.4) is 0 Å². The first kappa shape index (κ1) is 15.7. The molecule has 1 aliphatic rings. The van der Waals surface area contributed by atoms with Crippen LogP contribution in [0.4, 0.5) is 0 Å². The maximum Gasteiger partial charge on any atom is 0.0491 e. The topological polar surface area (TPSA) is 20.2 Å². The Bertz CT molecular complexity index is 772. The van der Waals surface area contributed by atoms with Gasteiger partial charge in [-0.25, -0.2) is 0 Å². The molecule has 0 aliphatic carbocycles. The van der Waals surface area contributed by atoms with E-state index in [1.807, 2.05) is 0 Å². The molecule has 2 heterocycles. The molecular weight excluding hydrogens is 294 g/mol. The summed E-state index contributed by atoms with van der Waals surface area (Å²) in [6.45, 7) is 9.16. The van der Waals surface area contributed by atoms with Crippen molar-refractivity contribution in [1.29, 1.82) is 0 Å². The normalized spacial score (nSPS) is 22.4. The van der Waals surface area contributed by atoms with Crippen LogP contribution in [-0.2, 0) is 6.54 Å². The van der Waals surface area contributed by atoms with Gasteiger partial charge in [-0.05, 0) is 38.9 Å². The molecule has 0 spiro atoms. The molecule has 2 aromatic carbocycles. The molecule has 0 amide bonds. The number of benzene rings is 2. The first-order chi connectivity index (χ1) is 11.7. The SMILES string of the molecule is C[C@H]1CN(CCCn2c3ccccc3c3ccccc32)C[C@H](C)N1. The van der Waals surface area contributed by atoms with E-state index in [1.165, 1.54) is 34.8 Å². The van der Waals surface area contributed by atoms with Gasteiger partial charge >= 0.3 is 0 Å². The van der Waals surface area contributed by atoms with Crippen LogP contribution in [0.25, 0.3) is 21.8 Å². The molecule has 24 heavy (non-hydrogen) atoms. The van der Waals surface area contributed by atoms with Gasteiger partial charge in [-0.15, -0.1) is 0 Å². The van der Waals surface area contributed by atoms with E-state index in [9.17, 15) is 0 Å². The molecule has 1 aromatic heterocycles. The summed E-state index contributed by atoms with van der Waals surface area (Å²) in [5.41, 5.74) is 2.72. The summed E-state index contributed by atoms with van der Waals surface area (Å²) >= 11 is 0. The zero-order valence-electron chi connectivity index (χ0n) is 14.7. The maximum atomic E-state index is 3.61. The van der Waals surface area contributed by atoms with Gasteiger partial charge in [0.1, 0.15) is 0 Å². The summed E-state index contributed by atoms with van der Waals surface area (Å²) in [6.07, 6.45) is 1.20. The molecule has 0 unspecified atom stereocenters. The van der Waals surface area contributed by atoms with E-state index in [0.29, 0.717) is 12.1 Å². The van der Waals surface area contributed by atoms with Crippen molar-refractivity contribution in [3.63, 3.8) is 0 Å². The minimum atomic E-state index is 0.599. The van der Waals surface area contributed by atoms with E-state index in [4.69, 9.17) is 0 Å². The maximum absolute atomic E-state index is 3.61. The first-order valence-electron chi connectivity index (χ1n) is 9.17. The van der Waals surface area contributed by atoms with Crippen LogP contribution in [0.15, 0.2) is 48.5 Å². The lowest BCUT2D eigenvalue weighted by molar-refractivity contribution is 0.170. The summed E-state index contributed by atoms with van der Waals surface area (Å²) in [6, 6.07) is 18.8. The standard InChI is InChI=1S/C21H27N3/c1-16-14-23(15-17(2)22-16)12-7-13-24-20-10-5-3-8-18(20)19-9-4-6-11-21(19)24/h3-6,8-11,16-17,22H,7,12-15H2,1-2H3/t16-,17-/m0/s1. The van der Waals surface area contributed by atoms with Gasteiger partial charge in [0.2, 0.25) is 0 Å². The largest absolute Gasteiger partial charge is 0.340 e.